The number of aromatic nitrogens is 1. The highest BCUT2D eigenvalue weighted by molar-refractivity contribution is 5.95. The Bertz CT molecular complexity index is 414. The van der Waals surface area contributed by atoms with Crippen molar-refractivity contribution in [1.82, 2.24) is 10.3 Å². The molecule has 17 heavy (non-hydrogen) atoms. The van der Waals surface area contributed by atoms with Crippen molar-refractivity contribution >= 4 is 11.7 Å². The highest BCUT2D eigenvalue weighted by Gasteiger charge is 2.35. The number of carbonyl (C=O) groups is 1. The number of pyridine rings is 1. The molecule has 1 fully saturated rings. The minimum atomic E-state index is -0.428. The Morgan fingerprint density at radius 1 is 1.65 bits per heavy atom. The molecule has 3 N–H and O–H groups in total. The van der Waals surface area contributed by atoms with Crippen LogP contribution in [0.1, 0.15) is 19.8 Å². The molecular weight excluding hydrogens is 218 g/mol. The Kier molecular flexibility index (Phi) is 3.28. The molecule has 1 atom stereocenters. The zero-order valence-electron chi connectivity index (χ0n) is 9.86. The maximum atomic E-state index is 12.1. The van der Waals surface area contributed by atoms with Crippen LogP contribution in [-0.2, 0) is 4.79 Å². The Balaban J connectivity index is 2.08. The summed E-state index contributed by atoms with van der Waals surface area (Å²) < 4.78 is 0. The van der Waals surface area contributed by atoms with Gasteiger partial charge in [-0.15, -0.1) is 0 Å². The molecule has 0 spiro atoms. The van der Waals surface area contributed by atoms with Gasteiger partial charge in [0.05, 0.1) is 5.41 Å². The van der Waals surface area contributed by atoms with Gasteiger partial charge in [0.15, 0.2) is 11.6 Å². The fourth-order valence-electron chi connectivity index (χ4n) is 2.00. The third kappa shape index (κ3) is 2.55. The summed E-state index contributed by atoms with van der Waals surface area (Å²) in [5, 5.41) is 15.4. The molecule has 5 nitrogen and oxygen atoms in total. The molecule has 92 valence electrons. The minimum Gasteiger partial charge on any atom is -0.504 e. The first-order valence-electron chi connectivity index (χ1n) is 5.78. The van der Waals surface area contributed by atoms with E-state index in [0.29, 0.717) is 6.54 Å². The summed E-state index contributed by atoms with van der Waals surface area (Å²) in [5.41, 5.74) is -0.428. The van der Waals surface area contributed by atoms with Gasteiger partial charge in [0.2, 0.25) is 5.91 Å². The first-order chi connectivity index (χ1) is 8.12. The molecule has 0 aliphatic carbocycles. The molecule has 5 heteroatoms. The SMILES string of the molecule is CC1(C(=O)Nc2ncccc2O)CCCNC1. The second kappa shape index (κ2) is 4.71. The quantitative estimate of drug-likeness (QED) is 0.718. The van der Waals surface area contributed by atoms with Crippen LogP contribution in [0.4, 0.5) is 5.82 Å². The van der Waals surface area contributed by atoms with Gasteiger partial charge in [-0.3, -0.25) is 4.79 Å². The van der Waals surface area contributed by atoms with Crippen molar-refractivity contribution in [3.05, 3.63) is 18.3 Å². The predicted octanol–water partition coefficient (Wildman–Crippen LogP) is 1.12. The lowest BCUT2D eigenvalue weighted by Crippen LogP contribution is -2.46. The van der Waals surface area contributed by atoms with Gasteiger partial charge in [0, 0.05) is 12.7 Å². The van der Waals surface area contributed by atoms with E-state index in [2.05, 4.69) is 15.6 Å². The highest BCUT2D eigenvalue weighted by Crippen LogP contribution is 2.28. The number of amides is 1. The Morgan fingerprint density at radius 3 is 3.12 bits per heavy atom. The lowest BCUT2D eigenvalue weighted by Gasteiger charge is -2.32. The number of piperidine rings is 1. The van der Waals surface area contributed by atoms with E-state index >= 15 is 0 Å². The van der Waals surface area contributed by atoms with E-state index in [1.54, 1.807) is 6.07 Å². The second-order valence-corrected chi connectivity index (χ2v) is 4.67. The van der Waals surface area contributed by atoms with Crippen LogP contribution in [0, 0.1) is 5.41 Å². The van der Waals surface area contributed by atoms with Crippen molar-refractivity contribution in [2.75, 3.05) is 18.4 Å². The average molecular weight is 235 g/mol. The monoisotopic (exact) mass is 235 g/mol. The molecule has 1 aliphatic rings. The van der Waals surface area contributed by atoms with E-state index in [-0.39, 0.29) is 17.5 Å². The molecule has 1 amide bonds. The molecule has 2 heterocycles. The van der Waals surface area contributed by atoms with Crippen LogP contribution in [0.25, 0.3) is 0 Å². The first kappa shape index (κ1) is 11.9. The second-order valence-electron chi connectivity index (χ2n) is 4.67. The largest absolute Gasteiger partial charge is 0.504 e. The molecule has 1 unspecified atom stereocenters. The third-order valence-electron chi connectivity index (χ3n) is 3.16. The standard InChI is InChI=1S/C12H17N3O2/c1-12(5-3-6-13-8-12)11(17)15-10-9(16)4-2-7-14-10/h2,4,7,13,16H,3,5-6,8H2,1H3,(H,14,15,17). The lowest BCUT2D eigenvalue weighted by molar-refractivity contribution is -0.125. The van der Waals surface area contributed by atoms with Gasteiger partial charge < -0.3 is 15.7 Å². The predicted molar refractivity (Wildman–Crippen MR) is 64.7 cm³/mol. The molecule has 1 aromatic rings. The minimum absolute atomic E-state index is 0.00628. The molecule has 0 radical (unpaired) electrons. The fraction of sp³-hybridized carbons (Fsp3) is 0.500. The molecule has 1 saturated heterocycles. The van der Waals surface area contributed by atoms with Crippen molar-refractivity contribution < 1.29 is 9.90 Å². The van der Waals surface area contributed by atoms with Gasteiger partial charge in [0.1, 0.15) is 0 Å². The van der Waals surface area contributed by atoms with Gasteiger partial charge in [-0.05, 0) is 38.4 Å². The van der Waals surface area contributed by atoms with Crippen LogP contribution < -0.4 is 10.6 Å². The van der Waals surface area contributed by atoms with Gasteiger partial charge in [0.25, 0.3) is 0 Å². The van der Waals surface area contributed by atoms with Crippen molar-refractivity contribution in [3.8, 4) is 5.75 Å². The molecule has 1 aromatic heterocycles. The molecule has 2 rings (SSSR count). The van der Waals surface area contributed by atoms with Crippen molar-refractivity contribution in [1.29, 1.82) is 0 Å². The Labute approximate surface area is 100 Å². The summed E-state index contributed by atoms with van der Waals surface area (Å²) in [6.45, 7) is 3.54. The summed E-state index contributed by atoms with van der Waals surface area (Å²) in [5.74, 6) is 0.121. The molecule has 0 saturated carbocycles. The van der Waals surface area contributed by atoms with E-state index in [9.17, 15) is 9.90 Å². The number of hydrogen-bond acceptors (Lipinski definition) is 4. The lowest BCUT2D eigenvalue weighted by atomic mass is 9.82. The Hall–Kier alpha value is -1.62. The maximum absolute atomic E-state index is 12.1. The number of anilines is 1. The highest BCUT2D eigenvalue weighted by atomic mass is 16.3. The van der Waals surface area contributed by atoms with Crippen LogP contribution >= 0.6 is 0 Å². The summed E-state index contributed by atoms with van der Waals surface area (Å²) in [7, 11) is 0. The fourth-order valence-corrected chi connectivity index (χ4v) is 2.00. The van der Waals surface area contributed by atoms with Crippen LogP contribution in [0.15, 0.2) is 18.3 Å². The molecule has 0 bridgehead atoms. The number of rotatable bonds is 2. The zero-order chi connectivity index (χ0) is 12.3. The number of aromatic hydroxyl groups is 1. The van der Waals surface area contributed by atoms with Crippen molar-refractivity contribution in [3.63, 3.8) is 0 Å². The van der Waals surface area contributed by atoms with Crippen LogP contribution in [0.3, 0.4) is 0 Å². The van der Waals surface area contributed by atoms with Gasteiger partial charge in [-0.25, -0.2) is 4.98 Å². The molecular formula is C12H17N3O2. The number of carbonyl (C=O) groups excluding carboxylic acids is 1. The number of nitrogens with zero attached hydrogens (tertiary/aromatic N) is 1. The Morgan fingerprint density at radius 2 is 2.47 bits per heavy atom. The zero-order valence-corrected chi connectivity index (χ0v) is 9.86. The van der Waals surface area contributed by atoms with Crippen LogP contribution in [0.2, 0.25) is 0 Å². The molecule has 0 aromatic carbocycles. The van der Waals surface area contributed by atoms with E-state index in [4.69, 9.17) is 0 Å². The first-order valence-corrected chi connectivity index (χ1v) is 5.78. The van der Waals surface area contributed by atoms with Gasteiger partial charge in [-0.2, -0.15) is 0 Å². The van der Waals surface area contributed by atoms with E-state index in [0.717, 1.165) is 19.4 Å². The van der Waals surface area contributed by atoms with E-state index < -0.39 is 5.41 Å². The van der Waals surface area contributed by atoms with Gasteiger partial charge >= 0.3 is 0 Å². The number of nitrogens with one attached hydrogen (secondary N) is 2. The maximum Gasteiger partial charge on any atom is 0.232 e. The summed E-state index contributed by atoms with van der Waals surface area (Å²) in [4.78, 5) is 16.1. The van der Waals surface area contributed by atoms with Crippen molar-refractivity contribution in [2.45, 2.75) is 19.8 Å². The van der Waals surface area contributed by atoms with Gasteiger partial charge in [-0.1, -0.05) is 0 Å². The third-order valence-corrected chi connectivity index (χ3v) is 3.16. The summed E-state index contributed by atoms with van der Waals surface area (Å²) in [6, 6.07) is 3.12. The summed E-state index contributed by atoms with van der Waals surface area (Å²) >= 11 is 0. The summed E-state index contributed by atoms with van der Waals surface area (Å²) in [6.07, 6.45) is 3.37. The van der Waals surface area contributed by atoms with Crippen molar-refractivity contribution in [2.24, 2.45) is 5.41 Å². The van der Waals surface area contributed by atoms with E-state index in [1.807, 2.05) is 6.92 Å². The normalized spacial score (nSPS) is 24.3. The average Bonchev–Trinajstić information content (AvgIpc) is 2.33. The van der Waals surface area contributed by atoms with E-state index in [1.165, 1.54) is 12.3 Å². The topological polar surface area (TPSA) is 74.2 Å². The smallest absolute Gasteiger partial charge is 0.232 e. The molecule has 1 aliphatic heterocycles. The van der Waals surface area contributed by atoms with Crippen LogP contribution in [-0.4, -0.2) is 29.1 Å². The van der Waals surface area contributed by atoms with Crippen LogP contribution in [0.5, 0.6) is 5.75 Å². The number of hydrogen-bond donors (Lipinski definition) is 3.